The quantitative estimate of drug-likeness (QED) is 0.941. The number of fused-ring (bicyclic) bond motifs is 1. The number of carbonyl (C=O) groups excluding carboxylic acids is 1. The number of carbonyl (C=O) groups is 1. The predicted molar refractivity (Wildman–Crippen MR) is 81.1 cm³/mol. The summed E-state index contributed by atoms with van der Waals surface area (Å²) >= 11 is 1.91. The third-order valence-corrected chi connectivity index (χ3v) is 4.91. The van der Waals surface area contributed by atoms with Crippen LogP contribution in [0.4, 0.5) is 0 Å². The molecule has 4 heteroatoms. The maximum Gasteiger partial charge on any atom is 0.254 e. The van der Waals surface area contributed by atoms with Crippen molar-refractivity contribution in [3.8, 4) is 0 Å². The lowest BCUT2D eigenvalue weighted by atomic mass is 10.0. The monoisotopic (exact) mass is 287 g/mol. The van der Waals surface area contributed by atoms with Gasteiger partial charge in [-0.25, -0.2) is 0 Å². The van der Waals surface area contributed by atoms with Crippen molar-refractivity contribution in [1.29, 1.82) is 0 Å². The lowest BCUT2D eigenvalue weighted by Gasteiger charge is -2.25. The zero-order valence-corrected chi connectivity index (χ0v) is 12.2. The Kier molecular flexibility index (Phi) is 3.83. The zero-order chi connectivity index (χ0) is 13.9. The van der Waals surface area contributed by atoms with Crippen LogP contribution in [0.2, 0.25) is 0 Å². The molecule has 0 spiro atoms. The van der Waals surface area contributed by atoms with Crippen LogP contribution in [0.25, 0.3) is 0 Å². The van der Waals surface area contributed by atoms with E-state index in [9.17, 15) is 4.79 Å². The number of hydrogen-bond donors (Lipinski definition) is 1. The van der Waals surface area contributed by atoms with Gasteiger partial charge in [0.25, 0.3) is 5.91 Å². The van der Waals surface area contributed by atoms with Gasteiger partial charge >= 0.3 is 0 Å². The van der Waals surface area contributed by atoms with Crippen LogP contribution in [0.15, 0.2) is 41.0 Å². The Bertz CT molecular complexity index is 620. The largest absolute Gasteiger partial charge is 0.469 e. The van der Waals surface area contributed by atoms with E-state index in [0.29, 0.717) is 23.1 Å². The summed E-state index contributed by atoms with van der Waals surface area (Å²) in [5.74, 6) is 1.72. The number of hydrogen-bond acceptors (Lipinski definition) is 3. The Labute approximate surface area is 122 Å². The molecule has 0 saturated heterocycles. The normalized spacial score (nSPS) is 17.6. The van der Waals surface area contributed by atoms with Gasteiger partial charge in [-0.1, -0.05) is 24.3 Å². The van der Waals surface area contributed by atoms with Crippen molar-refractivity contribution < 1.29 is 9.21 Å². The van der Waals surface area contributed by atoms with Gasteiger partial charge < -0.3 is 9.73 Å². The van der Waals surface area contributed by atoms with Crippen LogP contribution < -0.4 is 5.32 Å². The molecular formula is C16H17NO2S. The van der Waals surface area contributed by atoms with E-state index in [1.54, 1.807) is 19.3 Å². The van der Waals surface area contributed by atoms with Crippen molar-refractivity contribution >= 4 is 17.7 Å². The van der Waals surface area contributed by atoms with Crippen LogP contribution >= 0.6 is 11.8 Å². The van der Waals surface area contributed by atoms with Crippen molar-refractivity contribution in [1.82, 2.24) is 5.32 Å². The summed E-state index contributed by atoms with van der Waals surface area (Å²) in [6.45, 7) is 2.46. The second kappa shape index (κ2) is 5.75. The van der Waals surface area contributed by atoms with Gasteiger partial charge in [0.05, 0.1) is 11.8 Å². The fourth-order valence-electron chi connectivity index (χ4n) is 2.55. The molecule has 1 aliphatic rings. The molecule has 2 heterocycles. The van der Waals surface area contributed by atoms with E-state index in [1.165, 1.54) is 11.1 Å². The smallest absolute Gasteiger partial charge is 0.254 e. The highest BCUT2D eigenvalue weighted by atomic mass is 32.2. The maximum absolute atomic E-state index is 12.1. The van der Waals surface area contributed by atoms with Crippen molar-refractivity contribution in [2.75, 3.05) is 12.3 Å². The molecule has 0 fully saturated rings. The van der Waals surface area contributed by atoms with Gasteiger partial charge in [-0.05, 0) is 36.3 Å². The topological polar surface area (TPSA) is 42.2 Å². The zero-order valence-electron chi connectivity index (χ0n) is 11.4. The average Bonchev–Trinajstić information content (AvgIpc) is 2.91. The molecule has 0 saturated carbocycles. The molecule has 1 unspecified atom stereocenters. The van der Waals surface area contributed by atoms with E-state index in [4.69, 9.17) is 4.42 Å². The van der Waals surface area contributed by atoms with E-state index < -0.39 is 0 Å². The molecule has 0 aliphatic carbocycles. The van der Waals surface area contributed by atoms with Gasteiger partial charge in [0, 0.05) is 11.8 Å². The standard InChI is InChI=1S/C16H17NO2S/c1-11-13(6-8-19-11)16(18)17-10-15-14-5-3-2-4-12(14)7-9-20-15/h2-6,8,15H,7,9-10H2,1H3,(H,17,18). The molecule has 1 aromatic heterocycles. The van der Waals surface area contributed by atoms with Gasteiger partial charge in [-0.15, -0.1) is 0 Å². The summed E-state index contributed by atoms with van der Waals surface area (Å²) < 4.78 is 5.17. The van der Waals surface area contributed by atoms with E-state index in [0.717, 1.165) is 12.2 Å². The summed E-state index contributed by atoms with van der Waals surface area (Å²) in [5.41, 5.74) is 3.39. The van der Waals surface area contributed by atoms with Crippen molar-refractivity contribution in [3.63, 3.8) is 0 Å². The number of furan rings is 1. The summed E-state index contributed by atoms with van der Waals surface area (Å²) in [4.78, 5) is 12.1. The van der Waals surface area contributed by atoms with E-state index in [2.05, 4.69) is 29.6 Å². The van der Waals surface area contributed by atoms with Gasteiger partial charge in [-0.2, -0.15) is 11.8 Å². The van der Waals surface area contributed by atoms with Crippen LogP contribution in [0.1, 0.15) is 32.5 Å². The minimum Gasteiger partial charge on any atom is -0.469 e. The molecule has 1 amide bonds. The molecule has 2 aromatic rings. The number of thioether (sulfide) groups is 1. The molecule has 20 heavy (non-hydrogen) atoms. The highest BCUT2D eigenvalue weighted by molar-refractivity contribution is 7.99. The summed E-state index contributed by atoms with van der Waals surface area (Å²) in [6.07, 6.45) is 2.67. The van der Waals surface area contributed by atoms with E-state index >= 15 is 0 Å². The van der Waals surface area contributed by atoms with Crippen molar-refractivity contribution in [2.24, 2.45) is 0 Å². The molecule has 1 aromatic carbocycles. The van der Waals surface area contributed by atoms with Crippen molar-refractivity contribution in [3.05, 3.63) is 59.0 Å². The number of aryl methyl sites for hydroxylation is 2. The number of benzene rings is 1. The second-order valence-corrected chi connectivity index (χ2v) is 6.22. The highest BCUT2D eigenvalue weighted by Gasteiger charge is 2.21. The SMILES string of the molecule is Cc1occc1C(=O)NCC1SCCc2ccccc21. The lowest BCUT2D eigenvalue weighted by Crippen LogP contribution is -2.29. The van der Waals surface area contributed by atoms with Crippen molar-refractivity contribution in [2.45, 2.75) is 18.6 Å². The predicted octanol–water partition coefficient (Wildman–Crippen LogP) is 3.35. The fraction of sp³-hybridized carbons (Fsp3) is 0.312. The minimum atomic E-state index is -0.0556. The molecule has 1 atom stereocenters. The van der Waals surface area contributed by atoms with Gasteiger partial charge in [0.2, 0.25) is 0 Å². The first-order valence-electron chi connectivity index (χ1n) is 6.77. The lowest BCUT2D eigenvalue weighted by molar-refractivity contribution is 0.0952. The third-order valence-electron chi connectivity index (χ3n) is 3.64. The Morgan fingerprint density at radius 3 is 3.05 bits per heavy atom. The van der Waals surface area contributed by atoms with Crippen LogP contribution in [0.5, 0.6) is 0 Å². The first-order valence-corrected chi connectivity index (χ1v) is 7.82. The van der Waals surface area contributed by atoms with Gasteiger partial charge in [0.1, 0.15) is 5.76 Å². The molecule has 3 nitrogen and oxygen atoms in total. The number of amides is 1. The molecule has 104 valence electrons. The highest BCUT2D eigenvalue weighted by Crippen LogP contribution is 2.35. The van der Waals surface area contributed by atoms with Crippen LogP contribution in [0, 0.1) is 6.92 Å². The average molecular weight is 287 g/mol. The Morgan fingerprint density at radius 2 is 2.25 bits per heavy atom. The molecular weight excluding hydrogens is 270 g/mol. The Balaban J connectivity index is 1.68. The second-order valence-electron chi connectivity index (χ2n) is 4.91. The van der Waals surface area contributed by atoms with Gasteiger partial charge in [0.15, 0.2) is 0 Å². The molecule has 0 radical (unpaired) electrons. The van der Waals surface area contributed by atoms with E-state index in [1.807, 2.05) is 11.8 Å². The maximum atomic E-state index is 12.1. The minimum absolute atomic E-state index is 0.0556. The van der Waals surface area contributed by atoms with Crippen LogP contribution in [0.3, 0.4) is 0 Å². The summed E-state index contributed by atoms with van der Waals surface area (Å²) in [6, 6.07) is 10.2. The van der Waals surface area contributed by atoms with Crippen LogP contribution in [-0.2, 0) is 6.42 Å². The van der Waals surface area contributed by atoms with Crippen LogP contribution in [-0.4, -0.2) is 18.2 Å². The first kappa shape index (κ1) is 13.3. The molecule has 1 N–H and O–H groups in total. The third kappa shape index (κ3) is 2.61. The summed E-state index contributed by atoms with van der Waals surface area (Å²) in [7, 11) is 0. The Morgan fingerprint density at radius 1 is 1.40 bits per heavy atom. The van der Waals surface area contributed by atoms with Gasteiger partial charge in [-0.3, -0.25) is 4.79 Å². The fourth-order valence-corrected chi connectivity index (χ4v) is 3.78. The first-order chi connectivity index (χ1) is 9.75. The summed E-state index contributed by atoms with van der Waals surface area (Å²) in [5, 5.41) is 3.36. The molecule has 0 bridgehead atoms. The number of rotatable bonds is 3. The number of nitrogens with one attached hydrogen (secondary N) is 1. The van der Waals surface area contributed by atoms with E-state index in [-0.39, 0.29) is 5.91 Å². The molecule has 3 rings (SSSR count). The molecule has 1 aliphatic heterocycles. The Hall–Kier alpha value is -1.68.